The molecule has 0 saturated heterocycles. The third kappa shape index (κ3) is 6.26. The molecule has 17 heavy (non-hydrogen) atoms. The van der Waals surface area contributed by atoms with E-state index in [-0.39, 0.29) is 5.92 Å². The van der Waals surface area contributed by atoms with E-state index < -0.39 is 22.2 Å². The molecule has 0 unspecified atom stereocenters. The van der Waals surface area contributed by atoms with Crippen LogP contribution >= 0.6 is 0 Å². The van der Waals surface area contributed by atoms with Crippen molar-refractivity contribution >= 4 is 10.1 Å². The monoisotopic (exact) mass is 276 g/mol. The van der Waals surface area contributed by atoms with Crippen LogP contribution in [0.4, 0.5) is 13.2 Å². The number of halogens is 3. The fourth-order valence-corrected chi connectivity index (χ4v) is 2.18. The molecule has 0 aromatic rings. The second-order valence-electron chi connectivity index (χ2n) is 4.42. The van der Waals surface area contributed by atoms with E-state index in [2.05, 4.69) is 4.18 Å². The Morgan fingerprint density at radius 3 is 2.12 bits per heavy atom. The summed E-state index contributed by atoms with van der Waals surface area (Å²) in [5.74, 6) is 0.140. The molecular weight excluding hydrogens is 257 g/mol. The van der Waals surface area contributed by atoms with E-state index in [4.69, 9.17) is 0 Å². The van der Waals surface area contributed by atoms with Crippen LogP contribution in [0.3, 0.4) is 0 Å². The molecule has 0 aliphatic heterocycles. The van der Waals surface area contributed by atoms with Crippen molar-refractivity contribution < 1.29 is 25.8 Å². The molecule has 3 nitrogen and oxygen atoms in total. The zero-order chi connectivity index (χ0) is 13.7. The molecule has 0 N–H and O–H groups in total. The fraction of sp³-hybridized carbons (Fsp3) is 1.00. The van der Waals surface area contributed by atoms with Crippen LogP contribution in [0.2, 0.25) is 0 Å². The highest BCUT2D eigenvalue weighted by Gasteiger charge is 2.47. The van der Waals surface area contributed by atoms with Crippen molar-refractivity contribution in [2.75, 3.05) is 6.61 Å². The summed E-state index contributed by atoms with van der Waals surface area (Å²) in [6, 6.07) is 0. The van der Waals surface area contributed by atoms with Gasteiger partial charge in [-0.3, -0.25) is 4.18 Å². The minimum absolute atomic E-state index is 0.214. The lowest BCUT2D eigenvalue weighted by Crippen LogP contribution is -2.27. The first kappa shape index (κ1) is 16.7. The summed E-state index contributed by atoms with van der Waals surface area (Å²) < 4.78 is 61.1. The molecule has 0 spiro atoms. The molecule has 0 aliphatic rings. The Hall–Kier alpha value is -0.300. The molecule has 0 aromatic carbocycles. The van der Waals surface area contributed by atoms with Gasteiger partial charge in [-0.2, -0.15) is 21.6 Å². The molecule has 0 bridgehead atoms. The Morgan fingerprint density at radius 2 is 1.71 bits per heavy atom. The van der Waals surface area contributed by atoms with Gasteiger partial charge in [-0.15, -0.1) is 0 Å². The molecule has 0 radical (unpaired) electrons. The first-order valence-corrected chi connectivity index (χ1v) is 6.96. The Balaban J connectivity index is 4.13. The van der Waals surface area contributed by atoms with Gasteiger partial charge in [0, 0.05) is 0 Å². The van der Waals surface area contributed by atoms with Gasteiger partial charge in [0.25, 0.3) is 0 Å². The topological polar surface area (TPSA) is 43.4 Å². The smallest absolute Gasteiger partial charge is 0.263 e. The minimum Gasteiger partial charge on any atom is -0.263 e. The molecule has 0 amide bonds. The second-order valence-corrected chi connectivity index (χ2v) is 6.03. The van der Waals surface area contributed by atoms with E-state index in [0.29, 0.717) is 12.3 Å². The van der Waals surface area contributed by atoms with Gasteiger partial charge in [0.2, 0.25) is 0 Å². The normalized spacial score (nSPS) is 16.8. The highest BCUT2D eigenvalue weighted by molar-refractivity contribution is 7.87. The Bertz CT molecular complexity index is 311. The Labute approximate surface area is 100 Å². The van der Waals surface area contributed by atoms with Crippen molar-refractivity contribution in [3.8, 4) is 0 Å². The van der Waals surface area contributed by atoms with Crippen molar-refractivity contribution in [2.24, 2.45) is 11.8 Å². The number of alkyl halides is 3. The predicted octanol–water partition coefficient (Wildman–Crippen LogP) is 3.32. The molecule has 2 atom stereocenters. The predicted molar refractivity (Wildman–Crippen MR) is 58.8 cm³/mol. The van der Waals surface area contributed by atoms with Crippen molar-refractivity contribution in [2.45, 2.75) is 45.5 Å². The number of hydrogen-bond donors (Lipinski definition) is 0. The van der Waals surface area contributed by atoms with Crippen LogP contribution in [0, 0.1) is 11.8 Å². The summed E-state index contributed by atoms with van der Waals surface area (Å²) in [4.78, 5) is 0. The third-order valence-corrected chi connectivity index (χ3v) is 3.39. The van der Waals surface area contributed by atoms with Gasteiger partial charge < -0.3 is 0 Å². The van der Waals surface area contributed by atoms with Crippen LogP contribution in [-0.2, 0) is 14.3 Å². The average molecular weight is 276 g/mol. The molecule has 104 valence electrons. The van der Waals surface area contributed by atoms with E-state index in [0.717, 1.165) is 12.8 Å². The van der Waals surface area contributed by atoms with E-state index in [1.807, 2.05) is 13.8 Å². The molecule has 0 fully saturated rings. The van der Waals surface area contributed by atoms with Gasteiger partial charge in [0.15, 0.2) is 0 Å². The van der Waals surface area contributed by atoms with Crippen LogP contribution in [0.15, 0.2) is 0 Å². The maximum Gasteiger partial charge on any atom is 0.523 e. The highest BCUT2D eigenvalue weighted by atomic mass is 32.2. The van der Waals surface area contributed by atoms with Gasteiger partial charge in [0.1, 0.15) is 0 Å². The van der Waals surface area contributed by atoms with Crippen molar-refractivity contribution in [1.82, 2.24) is 0 Å². The van der Waals surface area contributed by atoms with E-state index in [9.17, 15) is 21.6 Å². The summed E-state index contributed by atoms with van der Waals surface area (Å²) in [6.07, 6.45) is 2.62. The molecule has 0 saturated carbocycles. The molecular formula is C10H19F3O3S. The second kappa shape index (κ2) is 6.58. The fourth-order valence-electron chi connectivity index (χ4n) is 1.64. The van der Waals surface area contributed by atoms with E-state index in [1.54, 1.807) is 6.92 Å². The maximum atomic E-state index is 12.0. The van der Waals surface area contributed by atoms with Crippen LogP contribution in [0.1, 0.15) is 40.0 Å². The summed E-state index contributed by atoms with van der Waals surface area (Å²) in [5, 5.41) is 0. The minimum atomic E-state index is -5.44. The largest absolute Gasteiger partial charge is 0.523 e. The summed E-state index contributed by atoms with van der Waals surface area (Å²) in [6.45, 7) is 5.26. The lowest BCUT2D eigenvalue weighted by atomic mass is 9.94. The quantitative estimate of drug-likeness (QED) is 0.529. The van der Waals surface area contributed by atoms with Gasteiger partial charge in [-0.1, -0.05) is 33.6 Å². The first-order valence-electron chi connectivity index (χ1n) is 5.55. The van der Waals surface area contributed by atoms with Crippen molar-refractivity contribution in [3.63, 3.8) is 0 Å². The molecule has 0 aromatic heterocycles. The average Bonchev–Trinajstić information content (AvgIpc) is 2.13. The van der Waals surface area contributed by atoms with Gasteiger partial charge in [-0.05, 0) is 18.3 Å². The first-order chi connectivity index (χ1) is 7.60. The van der Waals surface area contributed by atoms with Crippen molar-refractivity contribution in [3.05, 3.63) is 0 Å². The lowest BCUT2D eigenvalue weighted by Gasteiger charge is -2.17. The molecule has 0 aliphatic carbocycles. The lowest BCUT2D eigenvalue weighted by molar-refractivity contribution is -0.0550. The van der Waals surface area contributed by atoms with Gasteiger partial charge in [0.05, 0.1) is 6.61 Å². The van der Waals surface area contributed by atoms with Crippen LogP contribution in [0.5, 0.6) is 0 Å². The SMILES string of the molecule is CCC[C@H](C)C[C@H](C)COS(=O)(=O)C(F)(F)F. The Morgan fingerprint density at radius 1 is 1.18 bits per heavy atom. The van der Waals surface area contributed by atoms with E-state index >= 15 is 0 Å². The van der Waals surface area contributed by atoms with Gasteiger partial charge in [-0.25, -0.2) is 0 Å². The summed E-state index contributed by atoms with van der Waals surface area (Å²) in [5.41, 5.74) is -5.33. The van der Waals surface area contributed by atoms with Crippen molar-refractivity contribution in [1.29, 1.82) is 0 Å². The standard InChI is InChI=1S/C10H19F3O3S/c1-4-5-8(2)6-9(3)7-16-17(14,15)10(11,12)13/h8-9H,4-7H2,1-3H3/t8-,9-/m0/s1. The zero-order valence-electron chi connectivity index (χ0n) is 10.3. The third-order valence-electron chi connectivity index (χ3n) is 2.38. The number of rotatable bonds is 7. The number of hydrogen-bond acceptors (Lipinski definition) is 3. The van der Waals surface area contributed by atoms with Crippen LogP contribution in [0.25, 0.3) is 0 Å². The zero-order valence-corrected chi connectivity index (χ0v) is 11.1. The summed E-state index contributed by atoms with van der Waals surface area (Å²) >= 11 is 0. The Kier molecular flexibility index (Phi) is 6.47. The molecule has 0 rings (SSSR count). The highest BCUT2D eigenvalue weighted by Crippen LogP contribution is 2.26. The molecule has 0 heterocycles. The van der Waals surface area contributed by atoms with Crippen LogP contribution < -0.4 is 0 Å². The molecule has 7 heteroatoms. The summed E-state index contributed by atoms with van der Waals surface area (Å²) in [7, 11) is -5.44. The maximum absolute atomic E-state index is 12.0. The van der Waals surface area contributed by atoms with Gasteiger partial charge >= 0.3 is 15.6 Å². The van der Waals surface area contributed by atoms with Crippen LogP contribution in [-0.4, -0.2) is 20.5 Å². The van der Waals surface area contributed by atoms with E-state index in [1.165, 1.54) is 0 Å².